The van der Waals surface area contributed by atoms with Gasteiger partial charge in [-0.2, -0.15) is 5.26 Å². The fraction of sp³-hybridized carbons (Fsp3) is 0.510. The number of hydrogen-bond acceptors (Lipinski definition) is 12. The number of aryl methyl sites for hydroxylation is 2. The summed E-state index contributed by atoms with van der Waals surface area (Å²) >= 11 is 0. The van der Waals surface area contributed by atoms with Gasteiger partial charge in [-0.1, -0.05) is 63.3 Å². The van der Waals surface area contributed by atoms with Crippen molar-refractivity contribution >= 4 is 35.4 Å². The number of fused-ring (bicyclic) bond motifs is 5. The molecule has 4 atom stereocenters. The minimum absolute atomic E-state index is 0.00515. The number of carbonyl (C=O) groups is 6. The van der Waals surface area contributed by atoms with Crippen LogP contribution in [0.2, 0.25) is 0 Å². The number of ether oxygens (including phenoxy) is 3. The van der Waals surface area contributed by atoms with E-state index in [4.69, 9.17) is 25.7 Å². The van der Waals surface area contributed by atoms with Gasteiger partial charge in [0, 0.05) is 49.7 Å². The van der Waals surface area contributed by atoms with Crippen molar-refractivity contribution in [2.24, 2.45) is 11.5 Å². The zero-order chi connectivity index (χ0) is 49.9. The van der Waals surface area contributed by atoms with Gasteiger partial charge in [0.2, 0.25) is 29.5 Å². The number of rotatable bonds is 23. The molecule has 0 aliphatic carbocycles. The van der Waals surface area contributed by atoms with Crippen molar-refractivity contribution in [3.63, 3.8) is 0 Å². The zero-order valence-corrected chi connectivity index (χ0v) is 40.3. The Morgan fingerprint density at radius 1 is 0.899 bits per heavy atom. The molecule has 3 aromatic carbocycles. The lowest BCUT2D eigenvalue weighted by Gasteiger charge is -2.33. The SMILES string of the molecule is CCCCCCCCc1ccc(C(=O)NC(CCC(=O)NC2COC2)C(=O)N(C)C2C(=O)NC(C)C(=O)NC(C(=O)NCC#N)Cc3ccc(OCCN)c(c3)-c3cc2ccc3OCCN)c(C)c1. The number of benzene rings is 3. The summed E-state index contributed by atoms with van der Waals surface area (Å²) in [5.41, 5.74) is 15.7. The second-order valence-electron chi connectivity index (χ2n) is 17.6. The predicted octanol–water partition coefficient (Wildman–Crippen LogP) is 3.02. The molecule has 0 spiro atoms. The lowest BCUT2D eigenvalue weighted by atomic mass is 9.93. The first kappa shape index (κ1) is 53.4. The number of likely N-dealkylation sites (N-methyl/N-ethyl adjacent to an activating group) is 1. The molecule has 0 saturated carbocycles. The number of carbonyl (C=O) groups excluding carboxylic acids is 6. The molecule has 69 heavy (non-hydrogen) atoms. The predicted molar refractivity (Wildman–Crippen MR) is 260 cm³/mol. The monoisotopic (exact) mass is 952 g/mol. The minimum Gasteiger partial charge on any atom is -0.492 e. The van der Waals surface area contributed by atoms with Crippen LogP contribution in [0.1, 0.15) is 104 Å². The Balaban J connectivity index is 1.55. The maximum Gasteiger partial charge on any atom is 0.252 e. The molecule has 9 N–H and O–H groups in total. The molecule has 4 unspecified atom stereocenters. The highest BCUT2D eigenvalue weighted by atomic mass is 16.5. The Bertz CT molecular complexity index is 2310. The molecule has 4 bridgehead atoms. The van der Waals surface area contributed by atoms with Crippen LogP contribution >= 0.6 is 0 Å². The second-order valence-corrected chi connectivity index (χ2v) is 17.6. The highest BCUT2D eigenvalue weighted by molar-refractivity contribution is 6.00. The van der Waals surface area contributed by atoms with Gasteiger partial charge in [0.15, 0.2) is 0 Å². The van der Waals surface area contributed by atoms with Gasteiger partial charge in [-0.15, -0.1) is 0 Å². The second kappa shape index (κ2) is 26.9. The topological polar surface area (TPSA) is 269 Å². The van der Waals surface area contributed by atoms with E-state index in [-0.39, 0.29) is 64.1 Å². The van der Waals surface area contributed by atoms with Crippen molar-refractivity contribution in [3.8, 4) is 28.7 Å². The minimum atomic E-state index is -1.44. The van der Waals surface area contributed by atoms with Gasteiger partial charge in [0.05, 0.1) is 25.3 Å². The molecule has 2 heterocycles. The van der Waals surface area contributed by atoms with E-state index in [1.165, 1.54) is 44.6 Å². The van der Waals surface area contributed by atoms with E-state index in [2.05, 4.69) is 33.5 Å². The molecule has 0 aromatic heterocycles. The van der Waals surface area contributed by atoms with Crippen molar-refractivity contribution in [1.29, 1.82) is 5.26 Å². The van der Waals surface area contributed by atoms with E-state index in [0.717, 1.165) is 30.4 Å². The first-order chi connectivity index (χ1) is 33.3. The summed E-state index contributed by atoms with van der Waals surface area (Å²) < 4.78 is 17.5. The van der Waals surface area contributed by atoms with Gasteiger partial charge in [-0.05, 0) is 85.7 Å². The van der Waals surface area contributed by atoms with Gasteiger partial charge < -0.3 is 57.2 Å². The standard InChI is InChI=1S/C51H69N9O9/c1-5-6-7-8-9-10-11-34-12-15-38(32(2)26-34)48(63)58-41(16-19-45(61)57-37-30-67-31-37)51(66)60(4)46-36-14-18-44(69-25-22-54)40(29-36)39-27-35(13-17-43(39)68-24-21-53)28-42(49(64)55-23-20-52)59-47(62)33(3)56-50(46)65/h12-15,17-18,26-27,29,33,37,41-42,46H,5-11,16,19,21-25,28,30-31,53-54H2,1-4H3,(H,55,64)(H,56,65)(H,57,61)(H,58,63)(H,59,62). The number of nitrogens with one attached hydrogen (secondary N) is 5. The van der Waals surface area contributed by atoms with Crippen molar-refractivity contribution in [1.82, 2.24) is 31.5 Å². The molecule has 18 heteroatoms. The average molecular weight is 952 g/mol. The average Bonchev–Trinajstić information content (AvgIpc) is 3.32. The Labute approximate surface area is 404 Å². The summed E-state index contributed by atoms with van der Waals surface area (Å²) in [6.45, 7) is 6.54. The van der Waals surface area contributed by atoms with Crippen LogP contribution in [0.4, 0.5) is 0 Å². The molecule has 18 nitrogen and oxygen atoms in total. The first-order valence-corrected chi connectivity index (χ1v) is 24.0. The summed E-state index contributed by atoms with van der Waals surface area (Å²) in [5, 5.41) is 22.9. The van der Waals surface area contributed by atoms with Crippen molar-refractivity contribution in [3.05, 3.63) is 82.4 Å². The van der Waals surface area contributed by atoms with E-state index >= 15 is 4.79 Å². The number of nitrogens with zero attached hydrogens (tertiary/aromatic N) is 2. The lowest BCUT2D eigenvalue weighted by molar-refractivity contribution is -0.142. The summed E-state index contributed by atoms with van der Waals surface area (Å²) in [6, 6.07) is 12.4. The van der Waals surface area contributed by atoms with Crippen LogP contribution in [0.15, 0.2) is 54.6 Å². The zero-order valence-electron chi connectivity index (χ0n) is 40.3. The van der Waals surface area contributed by atoms with E-state index < -0.39 is 53.7 Å². The first-order valence-electron chi connectivity index (χ1n) is 24.0. The molecule has 6 amide bonds. The van der Waals surface area contributed by atoms with E-state index in [1.807, 2.05) is 25.1 Å². The number of nitrogens with two attached hydrogens (primary N) is 2. The van der Waals surface area contributed by atoms with Crippen LogP contribution < -0.4 is 47.5 Å². The Hall–Kier alpha value is -6.55. The molecular weight excluding hydrogens is 883 g/mol. The Kier molecular flexibility index (Phi) is 20.8. The van der Waals surface area contributed by atoms with Gasteiger partial charge >= 0.3 is 0 Å². The Morgan fingerprint density at radius 3 is 2.23 bits per heavy atom. The molecule has 2 aliphatic heterocycles. The van der Waals surface area contributed by atoms with E-state index in [1.54, 1.807) is 42.5 Å². The molecule has 5 rings (SSSR count). The maximum atomic E-state index is 15.0. The van der Waals surface area contributed by atoms with Crippen LogP contribution in [0.25, 0.3) is 11.1 Å². The quantitative estimate of drug-likeness (QED) is 0.0534. The van der Waals surface area contributed by atoms with Crippen LogP contribution in [0.5, 0.6) is 11.5 Å². The maximum absolute atomic E-state index is 15.0. The number of nitriles is 1. The van der Waals surface area contributed by atoms with Crippen LogP contribution in [0, 0.1) is 18.3 Å². The van der Waals surface area contributed by atoms with Gasteiger partial charge in [0.25, 0.3) is 5.91 Å². The fourth-order valence-corrected chi connectivity index (χ4v) is 8.34. The summed E-state index contributed by atoms with van der Waals surface area (Å²) in [5.74, 6) is -2.90. The lowest BCUT2D eigenvalue weighted by Crippen LogP contribution is -2.56. The van der Waals surface area contributed by atoms with Gasteiger partial charge in [0.1, 0.15) is 55.4 Å². The van der Waals surface area contributed by atoms with E-state index in [0.29, 0.717) is 52.5 Å². The largest absolute Gasteiger partial charge is 0.492 e. The highest BCUT2D eigenvalue weighted by Crippen LogP contribution is 2.40. The third-order valence-electron chi connectivity index (χ3n) is 12.2. The third-order valence-corrected chi connectivity index (χ3v) is 12.2. The van der Waals surface area contributed by atoms with Gasteiger partial charge in [-0.25, -0.2) is 0 Å². The summed E-state index contributed by atoms with van der Waals surface area (Å²) in [7, 11) is 1.41. The summed E-state index contributed by atoms with van der Waals surface area (Å²) in [6.07, 6.45) is 7.59. The highest BCUT2D eigenvalue weighted by Gasteiger charge is 2.37. The fourth-order valence-electron chi connectivity index (χ4n) is 8.34. The van der Waals surface area contributed by atoms with Crippen molar-refractivity contribution < 1.29 is 43.0 Å². The smallest absolute Gasteiger partial charge is 0.252 e. The number of unbranched alkanes of at least 4 members (excludes halogenated alkanes) is 5. The Morgan fingerprint density at radius 2 is 1.58 bits per heavy atom. The molecule has 1 fully saturated rings. The normalized spacial score (nSPS) is 17.4. The molecule has 2 aliphatic rings. The summed E-state index contributed by atoms with van der Waals surface area (Å²) in [4.78, 5) is 85.5. The molecular formula is C51H69N9O9. The number of hydrogen-bond donors (Lipinski definition) is 7. The van der Waals surface area contributed by atoms with Gasteiger partial charge in [-0.3, -0.25) is 28.8 Å². The van der Waals surface area contributed by atoms with Crippen molar-refractivity contribution in [2.75, 3.05) is 53.1 Å². The van der Waals surface area contributed by atoms with E-state index in [9.17, 15) is 29.2 Å². The molecule has 1 saturated heterocycles. The molecule has 0 radical (unpaired) electrons. The molecule has 372 valence electrons. The number of amides is 6. The molecule has 3 aromatic rings. The van der Waals surface area contributed by atoms with Crippen LogP contribution in [0.3, 0.4) is 0 Å². The third kappa shape index (κ3) is 15.2. The van der Waals surface area contributed by atoms with Crippen molar-refractivity contribution in [2.45, 2.75) is 115 Å². The van der Waals surface area contributed by atoms with Crippen LogP contribution in [-0.4, -0.2) is 118 Å². The van der Waals surface area contributed by atoms with Crippen LogP contribution in [-0.2, 0) is 41.6 Å².